The second-order valence-electron chi connectivity index (χ2n) is 5.83. The first-order valence-corrected chi connectivity index (χ1v) is 8.67. The standard InChI is InChI=1S/C16H25FN2O2S/c1-5-19(11-16(2,3)21)15(20)18-9-12-6-7-14(17)8-13(12)10-22-4/h6-8,21H,5,9-11H2,1-4H3,(H,18,20). The van der Waals surface area contributed by atoms with E-state index in [2.05, 4.69) is 5.32 Å². The van der Waals surface area contributed by atoms with E-state index in [0.29, 0.717) is 18.8 Å². The highest BCUT2D eigenvalue weighted by molar-refractivity contribution is 7.97. The van der Waals surface area contributed by atoms with Gasteiger partial charge in [0.25, 0.3) is 0 Å². The first-order chi connectivity index (χ1) is 10.3. The molecule has 4 nitrogen and oxygen atoms in total. The van der Waals surface area contributed by atoms with Crippen molar-refractivity contribution in [3.8, 4) is 0 Å². The summed E-state index contributed by atoms with van der Waals surface area (Å²) in [5.41, 5.74) is 0.856. The molecule has 0 atom stereocenters. The predicted molar refractivity (Wildman–Crippen MR) is 89.4 cm³/mol. The number of amides is 2. The highest BCUT2D eigenvalue weighted by atomic mass is 32.2. The summed E-state index contributed by atoms with van der Waals surface area (Å²) in [6.07, 6.45) is 1.95. The van der Waals surface area contributed by atoms with E-state index in [-0.39, 0.29) is 18.4 Å². The molecule has 0 heterocycles. The van der Waals surface area contributed by atoms with E-state index in [1.54, 1.807) is 36.6 Å². The molecule has 124 valence electrons. The Balaban J connectivity index is 2.70. The second-order valence-corrected chi connectivity index (χ2v) is 6.70. The lowest BCUT2D eigenvalue weighted by atomic mass is 10.1. The molecule has 0 fully saturated rings. The van der Waals surface area contributed by atoms with Crippen molar-refractivity contribution in [3.05, 3.63) is 35.1 Å². The number of urea groups is 1. The molecule has 0 saturated heterocycles. The van der Waals surface area contributed by atoms with Gasteiger partial charge < -0.3 is 15.3 Å². The van der Waals surface area contributed by atoms with Crippen LogP contribution in [0.4, 0.5) is 9.18 Å². The lowest BCUT2D eigenvalue weighted by Crippen LogP contribution is -2.46. The third kappa shape index (κ3) is 6.23. The topological polar surface area (TPSA) is 52.6 Å². The molecule has 0 aromatic heterocycles. The molecule has 6 heteroatoms. The van der Waals surface area contributed by atoms with Crippen molar-refractivity contribution < 1.29 is 14.3 Å². The summed E-state index contributed by atoms with van der Waals surface area (Å²) >= 11 is 1.61. The van der Waals surface area contributed by atoms with Gasteiger partial charge in [0.2, 0.25) is 0 Å². The van der Waals surface area contributed by atoms with Crippen LogP contribution in [0.2, 0.25) is 0 Å². The average Bonchev–Trinajstić information content (AvgIpc) is 2.43. The first kappa shape index (κ1) is 18.8. The Labute approximate surface area is 136 Å². The minimum absolute atomic E-state index is 0.232. The van der Waals surface area contributed by atoms with Crippen LogP contribution in [0.1, 0.15) is 31.9 Å². The SMILES string of the molecule is CCN(CC(C)(C)O)C(=O)NCc1ccc(F)cc1CSC. The molecule has 0 unspecified atom stereocenters. The fourth-order valence-electron chi connectivity index (χ4n) is 2.13. The number of rotatable bonds is 7. The van der Waals surface area contributed by atoms with E-state index in [9.17, 15) is 14.3 Å². The smallest absolute Gasteiger partial charge is 0.317 e. The highest BCUT2D eigenvalue weighted by Crippen LogP contribution is 2.17. The van der Waals surface area contributed by atoms with Gasteiger partial charge in [0, 0.05) is 18.8 Å². The Morgan fingerprint density at radius 2 is 2.09 bits per heavy atom. The Morgan fingerprint density at radius 1 is 1.41 bits per heavy atom. The number of nitrogens with zero attached hydrogens (tertiary/aromatic N) is 1. The molecule has 0 bridgehead atoms. The molecule has 0 spiro atoms. The normalized spacial score (nSPS) is 11.4. The lowest BCUT2D eigenvalue weighted by molar-refractivity contribution is 0.0480. The molecule has 0 aliphatic heterocycles. The number of halogens is 1. The van der Waals surface area contributed by atoms with E-state index in [1.807, 2.05) is 13.2 Å². The maximum Gasteiger partial charge on any atom is 0.317 e. The summed E-state index contributed by atoms with van der Waals surface area (Å²) in [6.45, 7) is 6.31. The van der Waals surface area contributed by atoms with Gasteiger partial charge in [-0.15, -0.1) is 0 Å². The number of carbonyl (C=O) groups is 1. The maximum atomic E-state index is 13.3. The molecule has 2 amide bonds. The summed E-state index contributed by atoms with van der Waals surface area (Å²) in [4.78, 5) is 13.7. The highest BCUT2D eigenvalue weighted by Gasteiger charge is 2.21. The molecule has 1 rings (SSSR count). The van der Waals surface area contributed by atoms with Crippen LogP contribution in [-0.2, 0) is 12.3 Å². The van der Waals surface area contributed by atoms with Gasteiger partial charge in [-0.25, -0.2) is 9.18 Å². The van der Waals surface area contributed by atoms with Gasteiger partial charge in [0.1, 0.15) is 5.82 Å². The van der Waals surface area contributed by atoms with E-state index in [0.717, 1.165) is 11.1 Å². The Hall–Kier alpha value is -1.27. The van der Waals surface area contributed by atoms with Gasteiger partial charge in [-0.3, -0.25) is 0 Å². The largest absolute Gasteiger partial charge is 0.389 e. The lowest BCUT2D eigenvalue weighted by Gasteiger charge is -2.28. The van der Waals surface area contributed by atoms with Gasteiger partial charge in [-0.05, 0) is 50.3 Å². The number of benzene rings is 1. The number of thioether (sulfide) groups is 1. The van der Waals surface area contributed by atoms with Crippen molar-refractivity contribution in [1.29, 1.82) is 0 Å². The number of hydrogen-bond acceptors (Lipinski definition) is 3. The molecule has 1 aromatic rings. The van der Waals surface area contributed by atoms with Crippen LogP contribution in [-0.4, -0.2) is 41.0 Å². The van der Waals surface area contributed by atoms with Gasteiger partial charge in [-0.2, -0.15) is 11.8 Å². The summed E-state index contributed by atoms with van der Waals surface area (Å²) in [5, 5.41) is 12.7. The molecular weight excluding hydrogens is 303 g/mol. The predicted octanol–water partition coefficient (Wildman–Crippen LogP) is 2.99. The quantitative estimate of drug-likeness (QED) is 0.809. The van der Waals surface area contributed by atoms with Crippen molar-refractivity contribution in [2.45, 2.75) is 38.7 Å². The molecular formula is C16H25FN2O2S. The van der Waals surface area contributed by atoms with Crippen molar-refractivity contribution in [1.82, 2.24) is 10.2 Å². The van der Waals surface area contributed by atoms with E-state index >= 15 is 0 Å². The summed E-state index contributed by atoms with van der Waals surface area (Å²) < 4.78 is 13.3. The van der Waals surface area contributed by atoms with Crippen molar-refractivity contribution >= 4 is 17.8 Å². The van der Waals surface area contributed by atoms with Gasteiger partial charge in [-0.1, -0.05) is 6.07 Å². The molecule has 0 aliphatic carbocycles. The van der Waals surface area contributed by atoms with Crippen LogP contribution in [0, 0.1) is 5.82 Å². The van der Waals surface area contributed by atoms with Crippen LogP contribution in [0.3, 0.4) is 0 Å². The number of nitrogens with one attached hydrogen (secondary N) is 1. The van der Waals surface area contributed by atoms with Crippen LogP contribution < -0.4 is 5.32 Å². The Bertz CT molecular complexity index is 503. The van der Waals surface area contributed by atoms with Crippen LogP contribution in [0.15, 0.2) is 18.2 Å². The Kier molecular flexibility index (Phi) is 7.16. The zero-order valence-electron chi connectivity index (χ0n) is 13.6. The van der Waals surface area contributed by atoms with Crippen LogP contribution in [0.5, 0.6) is 0 Å². The zero-order valence-corrected chi connectivity index (χ0v) is 14.5. The molecule has 2 N–H and O–H groups in total. The first-order valence-electron chi connectivity index (χ1n) is 7.28. The average molecular weight is 328 g/mol. The number of aliphatic hydroxyl groups is 1. The third-order valence-corrected chi connectivity index (χ3v) is 3.74. The number of carbonyl (C=O) groups excluding carboxylic acids is 1. The molecule has 0 radical (unpaired) electrons. The maximum absolute atomic E-state index is 13.3. The second kappa shape index (κ2) is 8.39. The van der Waals surface area contributed by atoms with Gasteiger partial charge >= 0.3 is 6.03 Å². The minimum Gasteiger partial charge on any atom is -0.389 e. The van der Waals surface area contributed by atoms with Gasteiger partial charge in [0.15, 0.2) is 0 Å². The van der Waals surface area contributed by atoms with E-state index < -0.39 is 5.60 Å². The molecule has 0 aliphatic rings. The van der Waals surface area contributed by atoms with Crippen molar-refractivity contribution in [3.63, 3.8) is 0 Å². The monoisotopic (exact) mass is 328 g/mol. The van der Waals surface area contributed by atoms with Gasteiger partial charge in [0.05, 0.1) is 12.1 Å². The fourth-order valence-corrected chi connectivity index (χ4v) is 2.71. The third-order valence-electron chi connectivity index (χ3n) is 3.14. The Morgan fingerprint density at radius 3 is 2.64 bits per heavy atom. The summed E-state index contributed by atoms with van der Waals surface area (Å²) in [7, 11) is 0. The zero-order chi connectivity index (χ0) is 16.8. The molecule has 1 aromatic carbocycles. The molecule has 22 heavy (non-hydrogen) atoms. The summed E-state index contributed by atoms with van der Waals surface area (Å²) in [5.74, 6) is 0.431. The van der Waals surface area contributed by atoms with Crippen LogP contribution >= 0.6 is 11.8 Å². The number of hydrogen-bond donors (Lipinski definition) is 2. The van der Waals surface area contributed by atoms with E-state index in [4.69, 9.17) is 0 Å². The van der Waals surface area contributed by atoms with Crippen molar-refractivity contribution in [2.75, 3.05) is 19.3 Å². The summed E-state index contributed by atoms with van der Waals surface area (Å²) in [6, 6.07) is 4.38. The molecule has 0 saturated carbocycles. The minimum atomic E-state index is -0.937. The van der Waals surface area contributed by atoms with E-state index in [1.165, 1.54) is 12.1 Å². The van der Waals surface area contributed by atoms with Crippen LogP contribution in [0.25, 0.3) is 0 Å². The van der Waals surface area contributed by atoms with Crippen molar-refractivity contribution in [2.24, 2.45) is 0 Å². The fraction of sp³-hybridized carbons (Fsp3) is 0.562. The number of likely N-dealkylation sites (N-methyl/N-ethyl adjacent to an activating group) is 1.